The Morgan fingerprint density at radius 1 is 0.769 bits per heavy atom. The maximum atomic E-state index is 12.6. The standard InChI is InChI=1S/C18H20N2O4S2/c21-25(22,19-15-6-7-15)17-8-10-18(11-9-17)26(23,24)20-16-5-4-13-2-1-3-14(13)12-16/h4-5,8-12,15,19-20H,1-3,6-7H2. The van der Waals surface area contributed by atoms with Crippen molar-refractivity contribution in [2.75, 3.05) is 4.72 Å². The Balaban J connectivity index is 1.54. The lowest BCUT2D eigenvalue weighted by Crippen LogP contribution is -2.25. The van der Waals surface area contributed by atoms with Gasteiger partial charge in [-0.25, -0.2) is 21.6 Å². The summed E-state index contributed by atoms with van der Waals surface area (Å²) in [6, 6.07) is 10.9. The van der Waals surface area contributed by atoms with Gasteiger partial charge in [-0.15, -0.1) is 0 Å². The van der Waals surface area contributed by atoms with Gasteiger partial charge < -0.3 is 0 Å². The number of hydrogen-bond donors (Lipinski definition) is 2. The highest BCUT2D eigenvalue weighted by Crippen LogP contribution is 2.27. The van der Waals surface area contributed by atoms with Crippen molar-refractivity contribution in [3.63, 3.8) is 0 Å². The van der Waals surface area contributed by atoms with Crippen LogP contribution >= 0.6 is 0 Å². The van der Waals surface area contributed by atoms with Crippen LogP contribution in [0.25, 0.3) is 0 Å². The largest absolute Gasteiger partial charge is 0.280 e. The second-order valence-corrected chi connectivity index (χ2v) is 10.2. The minimum absolute atomic E-state index is 0.00452. The van der Waals surface area contributed by atoms with E-state index in [2.05, 4.69) is 9.44 Å². The van der Waals surface area contributed by atoms with Crippen LogP contribution in [0.2, 0.25) is 0 Å². The predicted molar refractivity (Wildman–Crippen MR) is 99.1 cm³/mol. The minimum Gasteiger partial charge on any atom is -0.280 e. The number of sulfonamides is 2. The van der Waals surface area contributed by atoms with Gasteiger partial charge in [-0.3, -0.25) is 4.72 Å². The number of benzene rings is 2. The Labute approximate surface area is 153 Å². The molecule has 6 nitrogen and oxygen atoms in total. The van der Waals surface area contributed by atoms with E-state index in [-0.39, 0.29) is 15.8 Å². The van der Waals surface area contributed by atoms with Crippen LogP contribution in [0.1, 0.15) is 30.4 Å². The molecule has 0 unspecified atom stereocenters. The SMILES string of the molecule is O=S(=O)(Nc1ccc2c(c1)CCC2)c1ccc(S(=O)(=O)NC2CC2)cc1. The van der Waals surface area contributed by atoms with E-state index < -0.39 is 20.0 Å². The summed E-state index contributed by atoms with van der Waals surface area (Å²) in [4.78, 5) is 0.101. The summed E-state index contributed by atoms with van der Waals surface area (Å²) in [5.74, 6) is 0. The third kappa shape index (κ3) is 3.62. The molecule has 2 aromatic rings. The quantitative estimate of drug-likeness (QED) is 0.790. The van der Waals surface area contributed by atoms with Crippen molar-refractivity contribution < 1.29 is 16.8 Å². The maximum absolute atomic E-state index is 12.6. The Hall–Kier alpha value is -1.90. The van der Waals surface area contributed by atoms with Gasteiger partial charge in [0.1, 0.15) is 0 Å². The van der Waals surface area contributed by atoms with Crippen LogP contribution in [0.3, 0.4) is 0 Å². The van der Waals surface area contributed by atoms with Crippen LogP contribution in [0, 0.1) is 0 Å². The van der Waals surface area contributed by atoms with E-state index in [4.69, 9.17) is 0 Å². The molecule has 26 heavy (non-hydrogen) atoms. The zero-order valence-corrected chi connectivity index (χ0v) is 15.7. The van der Waals surface area contributed by atoms with Crippen molar-refractivity contribution in [2.24, 2.45) is 0 Å². The molecule has 4 rings (SSSR count). The number of aryl methyl sites for hydroxylation is 2. The lowest BCUT2D eigenvalue weighted by molar-refractivity contribution is 0.580. The average Bonchev–Trinajstić information content (AvgIpc) is 3.27. The van der Waals surface area contributed by atoms with Gasteiger partial charge >= 0.3 is 0 Å². The van der Waals surface area contributed by atoms with Crippen molar-refractivity contribution in [1.29, 1.82) is 0 Å². The molecule has 0 atom stereocenters. The zero-order valence-electron chi connectivity index (χ0n) is 14.1. The Kier molecular flexibility index (Phi) is 4.29. The molecule has 8 heteroatoms. The first kappa shape index (κ1) is 17.5. The number of anilines is 1. The summed E-state index contributed by atoms with van der Waals surface area (Å²) in [5.41, 5.74) is 2.97. The van der Waals surface area contributed by atoms with E-state index in [9.17, 15) is 16.8 Å². The van der Waals surface area contributed by atoms with Gasteiger partial charge in [-0.2, -0.15) is 0 Å². The van der Waals surface area contributed by atoms with Crippen molar-refractivity contribution in [1.82, 2.24) is 4.72 Å². The fraction of sp³-hybridized carbons (Fsp3) is 0.333. The number of rotatable bonds is 6. The van der Waals surface area contributed by atoms with Crippen LogP contribution in [0.5, 0.6) is 0 Å². The Bertz CT molecular complexity index is 1040. The van der Waals surface area contributed by atoms with Gasteiger partial charge in [0.15, 0.2) is 0 Å². The second kappa shape index (κ2) is 6.37. The third-order valence-corrected chi connectivity index (χ3v) is 7.63. The molecular weight excluding hydrogens is 372 g/mol. The van der Waals surface area contributed by atoms with Crippen molar-refractivity contribution >= 4 is 25.7 Å². The molecule has 1 fully saturated rings. The molecule has 1 saturated carbocycles. The van der Waals surface area contributed by atoms with Crippen LogP contribution in [0.15, 0.2) is 52.3 Å². The molecule has 2 aromatic carbocycles. The van der Waals surface area contributed by atoms with E-state index in [1.165, 1.54) is 35.4 Å². The highest BCUT2D eigenvalue weighted by Gasteiger charge is 2.28. The molecular formula is C18H20N2O4S2. The van der Waals surface area contributed by atoms with Crippen molar-refractivity contribution in [2.45, 2.75) is 47.9 Å². The first-order valence-corrected chi connectivity index (χ1v) is 11.6. The summed E-state index contributed by atoms with van der Waals surface area (Å²) >= 11 is 0. The number of fused-ring (bicyclic) bond motifs is 1. The normalized spacial score (nSPS) is 17.1. The van der Waals surface area contributed by atoms with Crippen LogP contribution in [-0.4, -0.2) is 22.9 Å². The lowest BCUT2D eigenvalue weighted by Gasteiger charge is -2.11. The molecule has 2 aliphatic rings. The summed E-state index contributed by atoms with van der Waals surface area (Å²) < 4.78 is 54.6. The first-order valence-electron chi connectivity index (χ1n) is 8.60. The van der Waals surface area contributed by atoms with E-state index in [0.717, 1.165) is 32.1 Å². The number of nitrogens with one attached hydrogen (secondary N) is 2. The van der Waals surface area contributed by atoms with Gasteiger partial charge in [-0.05, 0) is 79.6 Å². The highest BCUT2D eigenvalue weighted by atomic mass is 32.2. The maximum Gasteiger partial charge on any atom is 0.261 e. The van der Waals surface area contributed by atoms with E-state index in [1.807, 2.05) is 12.1 Å². The van der Waals surface area contributed by atoms with Gasteiger partial charge in [0.05, 0.1) is 9.79 Å². The minimum atomic E-state index is -3.77. The first-order chi connectivity index (χ1) is 12.3. The molecule has 0 bridgehead atoms. The summed E-state index contributed by atoms with van der Waals surface area (Å²) in [6.07, 6.45) is 4.78. The lowest BCUT2D eigenvalue weighted by atomic mass is 10.1. The highest BCUT2D eigenvalue weighted by molar-refractivity contribution is 7.92. The predicted octanol–water partition coefficient (Wildman–Crippen LogP) is 2.42. The van der Waals surface area contributed by atoms with Crippen LogP contribution in [0.4, 0.5) is 5.69 Å². The topological polar surface area (TPSA) is 92.3 Å². The molecule has 2 N–H and O–H groups in total. The zero-order chi connectivity index (χ0) is 18.4. The molecule has 0 heterocycles. The van der Waals surface area contributed by atoms with Gasteiger partial charge in [0, 0.05) is 11.7 Å². The van der Waals surface area contributed by atoms with E-state index in [1.54, 1.807) is 6.07 Å². The fourth-order valence-electron chi connectivity index (χ4n) is 3.14. The van der Waals surface area contributed by atoms with Gasteiger partial charge in [-0.1, -0.05) is 6.07 Å². The van der Waals surface area contributed by atoms with Crippen LogP contribution in [-0.2, 0) is 32.9 Å². The van der Waals surface area contributed by atoms with Crippen LogP contribution < -0.4 is 9.44 Å². The monoisotopic (exact) mass is 392 g/mol. The molecule has 138 valence electrons. The fourth-order valence-corrected chi connectivity index (χ4v) is 5.49. The van der Waals surface area contributed by atoms with Gasteiger partial charge in [0.2, 0.25) is 10.0 Å². The van der Waals surface area contributed by atoms with Crippen molar-refractivity contribution in [3.8, 4) is 0 Å². The Morgan fingerprint density at radius 3 is 2.04 bits per heavy atom. The van der Waals surface area contributed by atoms with E-state index in [0.29, 0.717) is 5.69 Å². The molecule has 0 radical (unpaired) electrons. The molecule has 0 aromatic heterocycles. The molecule has 2 aliphatic carbocycles. The average molecular weight is 393 g/mol. The smallest absolute Gasteiger partial charge is 0.261 e. The third-order valence-electron chi connectivity index (χ3n) is 4.69. The summed E-state index contributed by atoms with van der Waals surface area (Å²) in [7, 11) is -7.36. The summed E-state index contributed by atoms with van der Waals surface area (Å²) in [5, 5.41) is 0. The van der Waals surface area contributed by atoms with Crippen molar-refractivity contribution in [3.05, 3.63) is 53.6 Å². The van der Waals surface area contributed by atoms with E-state index >= 15 is 0 Å². The molecule has 0 saturated heterocycles. The molecule has 0 spiro atoms. The number of hydrogen-bond acceptors (Lipinski definition) is 4. The Morgan fingerprint density at radius 2 is 1.38 bits per heavy atom. The molecule has 0 amide bonds. The molecule has 0 aliphatic heterocycles. The summed E-state index contributed by atoms with van der Waals surface area (Å²) in [6.45, 7) is 0. The van der Waals surface area contributed by atoms with Gasteiger partial charge in [0.25, 0.3) is 10.0 Å². The second-order valence-electron chi connectivity index (χ2n) is 6.81.